The summed E-state index contributed by atoms with van der Waals surface area (Å²) in [5, 5.41) is 8.17. The molecular formula is C19H33Cl2N5O2. The van der Waals surface area contributed by atoms with E-state index >= 15 is 0 Å². The van der Waals surface area contributed by atoms with E-state index in [1.54, 1.807) is 6.20 Å². The fourth-order valence-corrected chi connectivity index (χ4v) is 4.22. The lowest BCUT2D eigenvalue weighted by atomic mass is 9.54. The van der Waals surface area contributed by atoms with Gasteiger partial charge in [-0.15, -0.1) is 29.9 Å². The Kier molecular flexibility index (Phi) is 8.50. The molecule has 1 saturated heterocycles. The predicted octanol–water partition coefficient (Wildman–Crippen LogP) is 2.28. The average Bonchev–Trinajstić information content (AvgIpc) is 2.67. The number of ether oxygens (including phenoxy) is 1. The number of likely N-dealkylation sites (N-methyl/N-ethyl adjacent to an activating group) is 1. The van der Waals surface area contributed by atoms with Gasteiger partial charge in [-0.2, -0.15) is 5.10 Å². The van der Waals surface area contributed by atoms with Crippen molar-refractivity contribution in [2.45, 2.75) is 57.7 Å². The van der Waals surface area contributed by atoms with Crippen molar-refractivity contribution in [2.24, 2.45) is 11.1 Å². The lowest BCUT2D eigenvalue weighted by Crippen LogP contribution is -2.76. The summed E-state index contributed by atoms with van der Waals surface area (Å²) in [6, 6.07) is 3.98. The van der Waals surface area contributed by atoms with Gasteiger partial charge in [-0.1, -0.05) is 13.8 Å². The number of carbonyl (C=O) groups is 1. The molecule has 3 unspecified atom stereocenters. The monoisotopic (exact) mass is 433 g/mol. The lowest BCUT2D eigenvalue weighted by molar-refractivity contribution is -0.180. The van der Waals surface area contributed by atoms with Crippen molar-refractivity contribution in [1.82, 2.24) is 15.1 Å². The van der Waals surface area contributed by atoms with E-state index in [0.717, 1.165) is 31.7 Å². The molecule has 3 rings (SSSR count). The van der Waals surface area contributed by atoms with Crippen molar-refractivity contribution >= 4 is 36.5 Å². The summed E-state index contributed by atoms with van der Waals surface area (Å²) in [5.41, 5.74) is 5.36. The Morgan fingerprint density at radius 1 is 1.43 bits per heavy atom. The first-order valence-electron chi connectivity index (χ1n) is 9.51. The van der Waals surface area contributed by atoms with E-state index in [2.05, 4.69) is 15.1 Å². The molecule has 1 aromatic rings. The third-order valence-corrected chi connectivity index (χ3v) is 6.36. The van der Waals surface area contributed by atoms with Gasteiger partial charge in [0.25, 0.3) is 0 Å². The number of halogens is 2. The summed E-state index contributed by atoms with van der Waals surface area (Å²) in [6.07, 6.45) is 4.28. The molecule has 160 valence electrons. The highest BCUT2D eigenvalue weighted by Gasteiger charge is 2.63. The van der Waals surface area contributed by atoms with Crippen LogP contribution in [0, 0.1) is 5.41 Å². The van der Waals surface area contributed by atoms with Crippen molar-refractivity contribution in [3.8, 4) is 0 Å². The average molecular weight is 434 g/mol. The highest BCUT2D eigenvalue weighted by atomic mass is 35.5. The van der Waals surface area contributed by atoms with Crippen molar-refractivity contribution in [1.29, 1.82) is 0 Å². The quantitative estimate of drug-likeness (QED) is 0.766. The summed E-state index contributed by atoms with van der Waals surface area (Å²) in [4.78, 5) is 17.3. The largest absolute Gasteiger partial charge is 0.378 e. The number of anilines is 1. The molecule has 7 nitrogen and oxygen atoms in total. The normalized spacial score (nSPS) is 28.4. The molecule has 2 N–H and O–H groups in total. The van der Waals surface area contributed by atoms with Crippen LogP contribution in [0.3, 0.4) is 0 Å². The third-order valence-electron chi connectivity index (χ3n) is 6.36. The van der Waals surface area contributed by atoms with Crippen molar-refractivity contribution in [3.63, 3.8) is 0 Å². The van der Waals surface area contributed by atoms with Gasteiger partial charge >= 0.3 is 0 Å². The molecule has 3 atom stereocenters. The first kappa shape index (κ1) is 24.9. The zero-order chi connectivity index (χ0) is 18.9. The minimum absolute atomic E-state index is 0. The van der Waals surface area contributed by atoms with Crippen LogP contribution in [0.1, 0.15) is 40.0 Å². The number of aromatic nitrogens is 2. The highest BCUT2D eigenvalue weighted by molar-refractivity contribution is 5.89. The van der Waals surface area contributed by atoms with E-state index in [-0.39, 0.29) is 48.3 Å². The maximum Gasteiger partial charge on any atom is 0.243 e. The molecule has 9 heteroatoms. The van der Waals surface area contributed by atoms with Gasteiger partial charge < -0.3 is 20.3 Å². The molecule has 2 aliphatic rings. The lowest BCUT2D eigenvalue weighted by Gasteiger charge is -2.59. The smallest absolute Gasteiger partial charge is 0.243 e. The molecule has 2 heterocycles. The number of piperidine rings is 1. The van der Waals surface area contributed by atoms with Gasteiger partial charge in [0, 0.05) is 50.8 Å². The van der Waals surface area contributed by atoms with Gasteiger partial charge in [-0.05, 0) is 31.9 Å². The zero-order valence-corrected chi connectivity index (χ0v) is 18.8. The Bertz CT molecular complexity index is 648. The molecule has 2 fully saturated rings. The number of amides is 1. The second kappa shape index (κ2) is 9.57. The van der Waals surface area contributed by atoms with Gasteiger partial charge in [-0.3, -0.25) is 4.79 Å². The van der Waals surface area contributed by atoms with Crippen LogP contribution in [0.15, 0.2) is 18.3 Å². The molecule has 1 saturated carbocycles. The third kappa shape index (κ3) is 4.22. The number of nitrogens with zero attached hydrogens (tertiary/aromatic N) is 4. The van der Waals surface area contributed by atoms with Gasteiger partial charge in [-0.25, -0.2) is 0 Å². The number of hydrogen-bond acceptors (Lipinski definition) is 6. The zero-order valence-electron chi connectivity index (χ0n) is 17.1. The highest BCUT2D eigenvalue weighted by Crippen LogP contribution is 2.50. The molecule has 0 spiro atoms. The number of carbonyl (C=O) groups excluding carboxylic acids is 1. The minimum Gasteiger partial charge on any atom is -0.378 e. The van der Waals surface area contributed by atoms with Gasteiger partial charge in [0.15, 0.2) is 5.82 Å². The van der Waals surface area contributed by atoms with Crippen molar-refractivity contribution in [2.75, 3.05) is 31.6 Å². The summed E-state index contributed by atoms with van der Waals surface area (Å²) in [6.45, 7) is 8.38. The van der Waals surface area contributed by atoms with Crippen molar-refractivity contribution < 1.29 is 9.53 Å². The Balaban J connectivity index is 0.00000196. The van der Waals surface area contributed by atoms with E-state index in [1.807, 2.05) is 44.9 Å². The maximum atomic E-state index is 13.3. The van der Waals surface area contributed by atoms with E-state index in [1.165, 1.54) is 0 Å². The van der Waals surface area contributed by atoms with Crippen LogP contribution < -0.4 is 10.6 Å². The second-order valence-corrected chi connectivity index (χ2v) is 8.08. The van der Waals surface area contributed by atoms with Crippen LogP contribution in [0.4, 0.5) is 5.82 Å². The molecule has 1 aliphatic heterocycles. The molecule has 1 amide bonds. The maximum absolute atomic E-state index is 13.3. The van der Waals surface area contributed by atoms with Gasteiger partial charge in [0.05, 0.1) is 6.10 Å². The Hall–Kier alpha value is -1.15. The van der Waals surface area contributed by atoms with E-state index in [4.69, 9.17) is 10.5 Å². The molecular weight excluding hydrogens is 401 g/mol. The molecule has 0 aromatic carbocycles. The van der Waals surface area contributed by atoms with Crippen LogP contribution in [0.25, 0.3) is 0 Å². The SMILES string of the molecule is CCOC1CC(N)(C(=O)N(C)C2CCCN(c3cccnn3)C2)C1(C)C.Cl.Cl. The van der Waals surface area contributed by atoms with Crippen LogP contribution >= 0.6 is 24.8 Å². The fraction of sp³-hybridized carbons (Fsp3) is 0.737. The summed E-state index contributed by atoms with van der Waals surface area (Å²) < 4.78 is 5.76. The van der Waals surface area contributed by atoms with Crippen LogP contribution in [-0.2, 0) is 9.53 Å². The summed E-state index contributed by atoms with van der Waals surface area (Å²) >= 11 is 0. The van der Waals surface area contributed by atoms with E-state index in [9.17, 15) is 4.79 Å². The number of nitrogens with two attached hydrogens (primary N) is 1. The Morgan fingerprint density at radius 3 is 2.71 bits per heavy atom. The van der Waals surface area contributed by atoms with Crippen molar-refractivity contribution in [3.05, 3.63) is 18.3 Å². The molecule has 28 heavy (non-hydrogen) atoms. The standard InChI is InChI=1S/C19H31N5O2.2ClH/c1-5-26-15-12-19(20,18(15,2)3)17(25)23(4)14-8-7-11-24(13-14)16-9-6-10-21-22-16;;/h6,9-10,14-15H,5,7-8,11-13,20H2,1-4H3;2*1H. The summed E-state index contributed by atoms with van der Waals surface area (Å²) in [7, 11) is 1.88. The van der Waals surface area contributed by atoms with Gasteiger partial charge in [0.2, 0.25) is 5.91 Å². The summed E-state index contributed by atoms with van der Waals surface area (Å²) in [5.74, 6) is 0.880. The fourth-order valence-electron chi connectivity index (χ4n) is 4.22. The molecule has 0 bridgehead atoms. The minimum atomic E-state index is -0.865. The molecule has 1 aliphatic carbocycles. The first-order valence-corrected chi connectivity index (χ1v) is 9.51. The van der Waals surface area contributed by atoms with Crippen LogP contribution in [-0.4, -0.2) is 65.4 Å². The molecule has 0 radical (unpaired) electrons. The Labute approximate surface area is 180 Å². The number of hydrogen-bond donors (Lipinski definition) is 1. The first-order chi connectivity index (χ1) is 12.3. The van der Waals surface area contributed by atoms with E-state index in [0.29, 0.717) is 13.0 Å². The molecule has 1 aromatic heterocycles. The van der Waals surface area contributed by atoms with Crippen LogP contribution in [0.2, 0.25) is 0 Å². The van der Waals surface area contributed by atoms with E-state index < -0.39 is 5.54 Å². The predicted molar refractivity (Wildman–Crippen MR) is 115 cm³/mol. The topological polar surface area (TPSA) is 84.6 Å². The van der Waals surface area contributed by atoms with Gasteiger partial charge in [0.1, 0.15) is 5.54 Å². The Morgan fingerprint density at radius 2 is 2.14 bits per heavy atom. The number of rotatable bonds is 5. The van der Waals surface area contributed by atoms with Crippen LogP contribution in [0.5, 0.6) is 0 Å². The second-order valence-electron chi connectivity index (χ2n) is 8.08.